The van der Waals surface area contributed by atoms with E-state index in [4.69, 9.17) is 57.6 Å². The van der Waals surface area contributed by atoms with Gasteiger partial charge in [-0.15, -0.1) is 0 Å². The van der Waals surface area contributed by atoms with E-state index in [2.05, 4.69) is 142 Å². The van der Waals surface area contributed by atoms with Crippen LogP contribution >= 0.6 is 0 Å². The Balaban J connectivity index is 1.07. The highest BCUT2D eigenvalue weighted by Crippen LogP contribution is 2.46. The summed E-state index contributed by atoms with van der Waals surface area (Å²) in [5, 5.41) is 3.95. The van der Waals surface area contributed by atoms with Gasteiger partial charge in [0.25, 0.3) is 0 Å². The van der Waals surface area contributed by atoms with Gasteiger partial charge in [-0.2, -0.15) is 0 Å². The van der Waals surface area contributed by atoms with Crippen molar-refractivity contribution in [2.45, 2.75) is 275 Å². The summed E-state index contributed by atoms with van der Waals surface area (Å²) in [5.41, 5.74) is 9.16. The maximum atomic E-state index is 9.16. The number of rotatable bonds is 17. The van der Waals surface area contributed by atoms with Crippen LogP contribution in [0.5, 0.6) is 0 Å². The van der Waals surface area contributed by atoms with Crippen molar-refractivity contribution in [3.8, 4) is 0 Å². The molecule has 69 heavy (non-hydrogen) atoms. The van der Waals surface area contributed by atoms with Gasteiger partial charge in [-0.3, -0.25) is 0 Å². The summed E-state index contributed by atoms with van der Waals surface area (Å²) in [6, 6.07) is 0. The molecule has 0 radical (unpaired) electrons. The maximum absolute atomic E-state index is 9.16. The number of nitrogens with zero attached hydrogens (tertiary/aromatic N) is 3. The molecule has 6 saturated heterocycles. The first-order valence-corrected chi connectivity index (χ1v) is 28.0. The quantitative estimate of drug-likeness (QED) is 0.0778. The fourth-order valence-electron chi connectivity index (χ4n) is 12.7. The topological polar surface area (TPSA) is 150 Å². The molecule has 6 fully saturated rings. The van der Waals surface area contributed by atoms with E-state index in [0.29, 0.717) is 17.8 Å². The average molecular weight is 978 g/mol. The normalized spacial score (nSPS) is 52.0. The van der Waals surface area contributed by atoms with Crippen molar-refractivity contribution in [3.63, 3.8) is 0 Å². The molecule has 0 spiro atoms. The minimum atomic E-state index is -0.507. The molecule has 0 saturated carbocycles. The SMILES string of the molecule is CCC1O[C@H](O[C@@H]2C(CC)O[C@H](O[C@@H]3C(CC)O[C@H](O[C@@H]4C(CC)O[C@H](O[C@@H]5C(CC)O[C@H](O[C@@H]6C(CC)O[C@H](N=[N+]=[N-])C(C)[C@H]6C)C(C)[C@H]5C)C(C)[C@H]4C)C(C)[C@H]3C)C(C)[C@H]2C)C(C)[C@@H](C)[C@@H]1C. The first-order valence-electron chi connectivity index (χ1n) is 28.0. The molecule has 14 nitrogen and oxygen atoms in total. The number of ether oxygens (including phenoxy) is 11. The van der Waals surface area contributed by atoms with Gasteiger partial charge in [-0.05, 0) is 91.4 Å². The first kappa shape index (κ1) is 57.2. The van der Waals surface area contributed by atoms with Gasteiger partial charge in [0.05, 0.1) is 67.1 Å². The van der Waals surface area contributed by atoms with Crippen LogP contribution in [0.4, 0.5) is 0 Å². The Morgan fingerprint density at radius 1 is 0.304 bits per heavy atom. The Morgan fingerprint density at radius 2 is 0.536 bits per heavy atom. The number of hydrogen-bond acceptors (Lipinski definition) is 12. The van der Waals surface area contributed by atoms with Crippen molar-refractivity contribution >= 4 is 0 Å². The van der Waals surface area contributed by atoms with Crippen molar-refractivity contribution in [1.82, 2.24) is 0 Å². The van der Waals surface area contributed by atoms with Gasteiger partial charge in [0.15, 0.2) is 31.5 Å². The summed E-state index contributed by atoms with van der Waals surface area (Å²) in [4.78, 5) is 3.05. The van der Waals surface area contributed by atoms with Crippen molar-refractivity contribution in [3.05, 3.63) is 10.4 Å². The van der Waals surface area contributed by atoms with Crippen LogP contribution in [0.2, 0.25) is 0 Å². The highest BCUT2D eigenvalue weighted by atomic mass is 16.8. The van der Waals surface area contributed by atoms with Crippen molar-refractivity contribution in [2.75, 3.05) is 0 Å². The molecule has 0 bridgehead atoms. The zero-order valence-corrected chi connectivity index (χ0v) is 46.4. The van der Waals surface area contributed by atoms with E-state index in [0.717, 1.165) is 38.5 Å². The lowest BCUT2D eigenvalue weighted by molar-refractivity contribution is -0.366. The Kier molecular flexibility index (Phi) is 20.7. The minimum Gasteiger partial charge on any atom is -0.366 e. The standard InChI is InChI=1S/C55H99N3O11/c1-20-39-27(8)26(7)34(15)51(60-39)66-46-29(10)36(17)53(62-41(46)22-3)68-48-31(12)38(19)55(64-43(48)24-5)69-49-32(13)37(18)54(63-44(49)25-6)67-47-30(11)35(16)52(61-42(47)23-4)65-45-28(9)33(14)50(57-58-56)59-40(45)21-2/h26-55H,20-25H2,1-19H3/t26-,27-,28+,29+,30+,31+,32+,33?,34?,35?,36?,37?,38?,39?,40?,41?,42?,43?,44?,45-,46-,47-,48-,49-,50-,51+,52+,53+,54+,55+/m0/s1. The zero-order chi connectivity index (χ0) is 50.8. The summed E-state index contributed by atoms with van der Waals surface area (Å²) in [5.74, 6) is 2.36. The molecule has 30 atom stereocenters. The van der Waals surface area contributed by atoms with Crippen molar-refractivity contribution < 1.29 is 52.1 Å². The number of azide groups is 1. The Hall–Kier alpha value is -1.13. The molecule has 0 amide bonds. The highest BCUT2D eigenvalue weighted by Gasteiger charge is 2.53. The molecule has 0 aliphatic carbocycles. The largest absolute Gasteiger partial charge is 0.366 e. The fourth-order valence-corrected chi connectivity index (χ4v) is 12.7. The second kappa shape index (κ2) is 24.9. The minimum absolute atomic E-state index is 0.0108. The predicted molar refractivity (Wildman–Crippen MR) is 266 cm³/mol. The van der Waals surface area contributed by atoms with E-state index in [1.165, 1.54) is 0 Å². The summed E-state index contributed by atoms with van der Waals surface area (Å²) >= 11 is 0. The molecule has 400 valence electrons. The molecule has 6 aliphatic rings. The summed E-state index contributed by atoms with van der Waals surface area (Å²) in [7, 11) is 0. The van der Waals surface area contributed by atoms with Crippen molar-refractivity contribution in [1.29, 1.82) is 0 Å². The third-order valence-electron chi connectivity index (χ3n) is 19.3. The van der Waals surface area contributed by atoms with Crippen LogP contribution < -0.4 is 0 Å². The Morgan fingerprint density at radius 3 is 0.797 bits per heavy atom. The molecular formula is C55H99N3O11. The van der Waals surface area contributed by atoms with Crippen LogP contribution in [0.15, 0.2) is 5.11 Å². The van der Waals surface area contributed by atoms with E-state index in [1.807, 2.05) is 0 Å². The van der Waals surface area contributed by atoms with Crippen molar-refractivity contribution in [2.24, 2.45) is 82.0 Å². The third-order valence-corrected chi connectivity index (χ3v) is 19.3. The van der Waals surface area contributed by atoms with Gasteiger partial charge in [-0.1, -0.05) is 137 Å². The molecular weight excluding hydrogens is 879 g/mol. The molecule has 6 aliphatic heterocycles. The molecule has 6 heterocycles. The Labute approximate surface area is 418 Å². The third kappa shape index (κ3) is 11.9. The van der Waals surface area contributed by atoms with Crippen LogP contribution in [-0.2, 0) is 52.1 Å². The molecule has 0 aromatic rings. The highest BCUT2D eigenvalue weighted by molar-refractivity contribution is 4.96. The van der Waals surface area contributed by atoms with Gasteiger partial charge >= 0.3 is 0 Å². The lowest BCUT2D eigenvalue weighted by atomic mass is 9.78. The van der Waals surface area contributed by atoms with Gasteiger partial charge in [-0.25, -0.2) is 0 Å². The van der Waals surface area contributed by atoms with Crippen LogP contribution in [0.25, 0.3) is 10.4 Å². The number of hydrogen-bond donors (Lipinski definition) is 0. The van der Waals surface area contributed by atoms with E-state index in [-0.39, 0.29) is 139 Å². The second-order valence-electron chi connectivity index (χ2n) is 23.1. The van der Waals surface area contributed by atoms with Gasteiger partial charge in [0.2, 0.25) is 0 Å². The summed E-state index contributed by atoms with van der Waals surface area (Å²) < 4.78 is 75.7. The summed E-state index contributed by atoms with van der Waals surface area (Å²) in [6.07, 6.45) is 1.14. The first-order chi connectivity index (χ1) is 32.8. The fraction of sp³-hybridized carbons (Fsp3) is 1.00. The van der Waals surface area contributed by atoms with Crippen LogP contribution in [0.1, 0.15) is 170 Å². The molecule has 12 unspecified atom stereocenters. The van der Waals surface area contributed by atoms with Crippen LogP contribution in [-0.4, -0.2) is 105 Å². The zero-order valence-electron chi connectivity index (χ0n) is 46.4. The smallest absolute Gasteiger partial charge is 0.161 e. The maximum Gasteiger partial charge on any atom is 0.161 e. The van der Waals surface area contributed by atoms with E-state index < -0.39 is 25.1 Å². The predicted octanol–water partition coefficient (Wildman–Crippen LogP) is 12.3. The van der Waals surface area contributed by atoms with Gasteiger partial charge in [0.1, 0.15) is 6.23 Å². The molecule has 14 heteroatoms. The molecule has 6 rings (SSSR count). The molecule has 0 aromatic heterocycles. The second-order valence-corrected chi connectivity index (χ2v) is 23.1. The summed E-state index contributed by atoms with van der Waals surface area (Å²) in [6.45, 7) is 42.2. The molecule has 0 aromatic carbocycles. The van der Waals surface area contributed by atoms with E-state index >= 15 is 0 Å². The monoisotopic (exact) mass is 978 g/mol. The lowest BCUT2D eigenvalue weighted by Crippen LogP contribution is -2.60. The van der Waals surface area contributed by atoms with Crippen LogP contribution in [0.3, 0.4) is 0 Å². The lowest BCUT2D eigenvalue weighted by Gasteiger charge is -2.52. The van der Waals surface area contributed by atoms with E-state index in [1.54, 1.807) is 0 Å². The van der Waals surface area contributed by atoms with E-state index in [9.17, 15) is 0 Å². The molecule has 0 N–H and O–H groups in total. The average Bonchev–Trinajstić information content (AvgIpc) is 3.34. The Bertz CT molecular complexity index is 1610. The van der Waals surface area contributed by atoms with Gasteiger partial charge in [0, 0.05) is 34.5 Å². The van der Waals surface area contributed by atoms with Crippen LogP contribution in [0, 0.1) is 76.9 Å². The van der Waals surface area contributed by atoms with Gasteiger partial charge < -0.3 is 52.1 Å².